The summed E-state index contributed by atoms with van der Waals surface area (Å²) < 4.78 is 1.80. The van der Waals surface area contributed by atoms with Crippen molar-refractivity contribution in [1.82, 2.24) is 19.6 Å². The summed E-state index contributed by atoms with van der Waals surface area (Å²) in [7, 11) is 0. The Kier molecular flexibility index (Phi) is 6.01. The summed E-state index contributed by atoms with van der Waals surface area (Å²) in [5.41, 5.74) is 1.90. The molecule has 0 atom stereocenters. The highest BCUT2D eigenvalue weighted by Gasteiger charge is 2.22. The molecule has 1 fully saturated rings. The van der Waals surface area contributed by atoms with Gasteiger partial charge in [0.15, 0.2) is 0 Å². The van der Waals surface area contributed by atoms with Crippen molar-refractivity contribution in [3.05, 3.63) is 48.3 Å². The van der Waals surface area contributed by atoms with Crippen LogP contribution in [0, 0.1) is 6.92 Å². The molecule has 0 aliphatic carbocycles. The fraction of sp³-hybridized carbons (Fsp3) is 0.421. The zero-order chi connectivity index (χ0) is 18.4. The van der Waals surface area contributed by atoms with Crippen LogP contribution in [0.25, 0.3) is 0 Å². The fourth-order valence-electron chi connectivity index (χ4n) is 3.04. The van der Waals surface area contributed by atoms with E-state index >= 15 is 0 Å². The van der Waals surface area contributed by atoms with Crippen LogP contribution in [0.3, 0.4) is 0 Å². The lowest BCUT2D eigenvalue weighted by Crippen LogP contribution is -2.50. The number of anilines is 1. The van der Waals surface area contributed by atoms with Crippen LogP contribution in [0.2, 0.25) is 0 Å². The third-order valence-electron chi connectivity index (χ3n) is 4.47. The molecule has 0 unspecified atom stereocenters. The van der Waals surface area contributed by atoms with Gasteiger partial charge >= 0.3 is 0 Å². The molecule has 2 aromatic rings. The van der Waals surface area contributed by atoms with E-state index in [1.165, 1.54) is 0 Å². The van der Waals surface area contributed by atoms with Crippen LogP contribution in [0.1, 0.15) is 12.0 Å². The van der Waals surface area contributed by atoms with Crippen molar-refractivity contribution in [2.24, 2.45) is 0 Å². The highest BCUT2D eigenvalue weighted by atomic mass is 16.2. The van der Waals surface area contributed by atoms with Gasteiger partial charge in [0, 0.05) is 51.0 Å². The largest absolute Gasteiger partial charge is 0.340 e. The van der Waals surface area contributed by atoms with Crippen LogP contribution < -0.4 is 5.32 Å². The number of rotatable bonds is 6. The van der Waals surface area contributed by atoms with Gasteiger partial charge in [0.05, 0.1) is 12.7 Å². The van der Waals surface area contributed by atoms with Crippen LogP contribution in [-0.4, -0.2) is 64.1 Å². The van der Waals surface area contributed by atoms with Crippen LogP contribution in [0.4, 0.5) is 5.69 Å². The van der Waals surface area contributed by atoms with E-state index in [1.807, 2.05) is 48.4 Å². The molecule has 7 nitrogen and oxygen atoms in total. The van der Waals surface area contributed by atoms with Gasteiger partial charge in [0.1, 0.15) is 0 Å². The number of benzene rings is 1. The molecule has 1 N–H and O–H groups in total. The molecule has 7 heteroatoms. The van der Waals surface area contributed by atoms with Crippen molar-refractivity contribution in [2.75, 3.05) is 38.0 Å². The van der Waals surface area contributed by atoms with Gasteiger partial charge in [-0.1, -0.05) is 18.2 Å². The van der Waals surface area contributed by atoms with Crippen molar-refractivity contribution in [1.29, 1.82) is 0 Å². The monoisotopic (exact) mass is 355 g/mol. The van der Waals surface area contributed by atoms with Crippen LogP contribution in [-0.2, 0) is 16.1 Å². The van der Waals surface area contributed by atoms with Crippen LogP contribution >= 0.6 is 0 Å². The molecular formula is C19H25N5O2. The molecule has 1 aromatic heterocycles. The molecule has 138 valence electrons. The maximum Gasteiger partial charge on any atom is 0.238 e. The van der Waals surface area contributed by atoms with Gasteiger partial charge in [0.2, 0.25) is 11.8 Å². The van der Waals surface area contributed by atoms with Gasteiger partial charge in [-0.3, -0.25) is 19.2 Å². The van der Waals surface area contributed by atoms with E-state index in [1.54, 1.807) is 10.9 Å². The Morgan fingerprint density at radius 1 is 1.12 bits per heavy atom. The summed E-state index contributed by atoms with van der Waals surface area (Å²) in [5, 5.41) is 7.10. The second kappa shape index (κ2) is 8.62. The molecule has 1 aliphatic heterocycles. The topological polar surface area (TPSA) is 70.5 Å². The first-order chi connectivity index (χ1) is 12.6. The molecule has 26 heavy (non-hydrogen) atoms. The van der Waals surface area contributed by atoms with Crippen LogP contribution in [0.5, 0.6) is 0 Å². The Morgan fingerprint density at radius 3 is 2.50 bits per heavy atom. The lowest BCUT2D eigenvalue weighted by atomic mass is 10.2. The quantitative estimate of drug-likeness (QED) is 0.850. The molecule has 0 radical (unpaired) electrons. The number of amides is 2. The molecule has 1 aliphatic rings. The van der Waals surface area contributed by atoms with Gasteiger partial charge in [-0.15, -0.1) is 0 Å². The third-order valence-corrected chi connectivity index (χ3v) is 4.47. The van der Waals surface area contributed by atoms with E-state index in [0.29, 0.717) is 32.6 Å². The van der Waals surface area contributed by atoms with Crippen molar-refractivity contribution < 1.29 is 9.59 Å². The minimum absolute atomic E-state index is 0.0231. The minimum Gasteiger partial charge on any atom is -0.340 e. The summed E-state index contributed by atoms with van der Waals surface area (Å²) in [6.07, 6.45) is 4.19. The highest BCUT2D eigenvalue weighted by Crippen LogP contribution is 2.08. The lowest BCUT2D eigenvalue weighted by Gasteiger charge is -2.34. The van der Waals surface area contributed by atoms with E-state index in [2.05, 4.69) is 15.3 Å². The number of carbonyl (C=O) groups is 2. The summed E-state index contributed by atoms with van der Waals surface area (Å²) >= 11 is 0. The van der Waals surface area contributed by atoms with E-state index < -0.39 is 0 Å². The molecular weight excluding hydrogens is 330 g/mol. The first-order valence-corrected chi connectivity index (χ1v) is 8.94. The standard InChI is InChI=1S/C19H25N5O2/c1-16-13-20-24(14-16)8-7-19(26)23-11-9-22(10-12-23)15-18(25)21-17-5-3-2-4-6-17/h2-6,13-14H,7-12,15H2,1H3,(H,21,25). The number of aromatic nitrogens is 2. The van der Waals surface area contributed by atoms with Crippen molar-refractivity contribution in [3.63, 3.8) is 0 Å². The number of para-hydroxylation sites is 1. The molecule has 0 saturated carbocycles. The number of piperazine rings is 1. The van der Waals surface area contributed by atoms with Gasteiger partial charge in [0.25, 0.3) is 0 Å². The average molecular weight is 355 g/mol. The normalized spacial score (nSPS) is 15.0. The molecule has 0 spiro atoms. The number of hydrogen-bond donors (Lipinski definition) is 1. The first kappa shape index (κ1) is 18.1. The Hall–Kier alpha value is -2.67. The van der Waals surface area contributed by atoms with Crippen molar-refractivity contribution in [2.45, 2.75) is 19.9 Å². The van der Waals surface area contributed by atoms with Gasteiger partial charge < -0.3 is 10.2 Å². The SMILES string of the molecule is Cc1cnn(CCC(=O)N2CCN(CC(=O)Nc3ccccc3)CC2)c1. The second-order valence-corrected chi connectivity index (χ2v) is 6.60. The molecule has 3 rings (SSSR count). The number of hydrogen-bond acceptors (Lipinski definition) is 4. The van der Waals surface area contributed by atoms with E-state index in [4.69, 9.17) is 0 Å². The van der Waals surface area contributed by atoms with Gasteiger partial charge in [-0.25, -0.2) is 0 Å². The van der Waals surface area contributed by atoms with Crippen molar-refractivity contribution in [3.8, 4) is 0 Å². The Balaban J connectivity index is 1.38. The minimum atomic E-state index is -0.0231. The lowest BCUT2D eigenvalue weighted by molar-refractivity contribution is -0.133. The predicted octanol–water partition coefficient (Wildman–Crippen LogP) is 1.36. The number of nitrogens with one attached hydrogen (secondary N) is 1. The summed E-state index contributed by atoms with van der Waals surface area (Å²) in [6, 6.07) is 9.44. The number of carbonyl (C=O) groups excluding carboxylic acids is 2. The number of aryl methyl sites for hydroxylation is 2. The van der Waals surface area contributed by atoms with Crippen molar-refractivity contribution >= 4 is 17.5 Å². The highest BCUT2D eigenvalue weighted by molar-refractivity contribution is 5.92. The maximum atomic E-state index is 12.3. The summed E-state index contributed by atoms with van der Waals surface area (Å²) in [4.78, 5) is 28.4. The molecule has 0 bridgehead atoms. The Labute approximate surface area is 153 Å². The number of nitrogens with zero attached hydrogens (tertiary/aromatic N) is 4. The maximum absolute atomic E-state index is 12.3. The second-order valence-electron chi connectivity index (χ2n) is 6.60. The van der Waals surface area contributed by atoms with Crippen LogP contribution in [0.15, 0.2) is 42.7 Å². The van der Waals surface area contributed by atoms with E-state index in [9.17, 15) is 9.59 Å². The fourth-order valence-corrected chi connectivity index (χ4v) is 3.04. The Bertz CT molecular complexity index is 735. The van der Waals surface area contributed by atoms with E-state index in [-0.39, 0.29) is 11.8 Å². The molecule has 1 aromatic carbocycles. The Morgan fingerprint density at radius 2 is 1.85 bits per heavy atom. The third kappa shape index (κ3) is 5.16. The molecule has 1 saturated heterocycles. The zero-order valence-corrected chi connectivity index (χ0v) is 15.1. The average Bonchev–Trinajstić information content (AvgIpc) is 3.06. The molecule has 2 heterocycles. The summed E-state index contributed by atoms with van der Waals surface area (Å²) in [5.74, 6) is 0.122. The van der Waals surface area contributed by atoms with Gasteiger partial charge in [-0.05, 0) is 24.6 Å². The summed E-state index contributed by atoms with van der Waals surface area (Å²) in [6.45, 7) is 5.70. The zero-order valence-electron chi connectivity index (χ0n) is 15.1. The first-order valence-electron chi connectivity index (χ1n) is 8.94. The molecule has 2 amide bonds. The van der Waals surface area contributed by atoms with Gasteiger partial charge in [-0.2, -0.15) is 5.10 Å². The smallest absolute Gasteiger partial charge is 0.238 e. The van der Waals surface area contributed by atoms with E-state index in [0.717, 1.165) is 24.3 Å². The predicted molar refractivity (Wildman–Crippen MR) is 99.7 cm³/mol.